The minimum atomic E-state index is -5.08. The number of carboxylic acids is 2. The second-order valence-corrected chi connectivity index (χ2v) is 2.89. The Balaban J connectivity index is 4.73. The third-order valence-electron chi connectivity index (χ3n) is 1.56. The zero-order chi connectivity index (χ0) is 13.8. The molecule has 98 valence electrons. The number of hydrogen-bond acceptors (Lipinski definition) is 3. The molecule has 0 fully saturated rings. The van der Waals surface area contributed by atoms with Gasteiger partial charge in [-0.3, -0.25) is 9.59 Å². The van der Waals surface area contributed by atoms with E-state index in [0.29, 0.717) is 0 Å². The van der Waals surface area contributed by atoms with Crippen molar-refractivity contribution in [2.24, 2.45) is 0 Å². The van der Waals surface area contributed by atoms with Crippen LogP contribution in [0.25, 0.3) is 0 Å². The second kappa shape index (κ2) is 5.46. The van der Waals surface area contributed by atoms with E-state index in [0.717, 1.165) is 5.32 Å². The summed E-state index contributed by atoms with van der Waals surface area (Å²) in [5.74, 6) is -11.2. The lowest BCUT2D eigenvalue weighted by molar-refractivity contribution is -0.171. The van der Waals surface area contributed by atoms with Crippen LogP contribution < -0.4 is 5.32 Å². The van der Waals surface area contributed by atoms with Gasteiger partial charge >= 0.3 is 24.3 Å². The lowest BCUT2D eigenvalue weighted by atomic mass is 10.2. The van der Waals surface area contributed by atoms with E-state index in [1.165, 1.54) is 0 Å². The monoisotopic (exact) mass is 261 g/mol. The number of amides is 1. The highest BCUT2D eigenvalue weighted by Crippen LogP contribution is 2.23. The van der Waals surface area contributed by atoms with Crippen LogP contribution in [0, 0.1) is 0 Å². The minimum absolute atomic E-state index is 1.02. The summed E-state index contributed by atoms with van der Waals surface area (Å²) in [7, 11) is 0. The van der Waals surface area contributed by atoms with Gasteiger partial charge in [0, 0.05) is 0 Å². The average Bonchev–Trinajstić information content (AvgIpc) is 2.15. The van der Waals surface area contributed by atoms with Gasteiger partial charge in [0.05, 0.1) is 6.42 Å². The standard InChI is InChI=1S/C7H7F4NO5/c8-5(9)7(10,11)6(17)12-2(4(15)16)1-3(13)14/h2,5H,1H2,(H,12,17)(H,13,14)(H,15,16)/t2-/m0/s1. The summed E-state index contributed by atoms with van der Waals surface area (Å²) < 4.78 is 48.2. The maximum atomic E-state index is 12.4. The van der Waals surface area contributed by atoms with E-state index < -0.39 is 42.7 Å². The summed E-state index contributed by atoms with van der Waals surface area (Å²) in [5.41, 5.74) is 0. The highest BCUT2D eigenvalue weighted by molar-refractivity contribution is 5.90. The first-order valence-electron chi connectivity index (χ1n) is 4.00. The molecule has 0 aliphatic rings. The van der Waals surface area contributed by atoms with Gasteiger partial charge < -0.3 is 15.5 Å². The van der Waals surface area contributed by atoms with Crippen molar-refractivity contribution in [3.05, 3.63) is 0 Å². The van der Waals surface area contributed by atoms with Crippen LogP contribution in [0.3, 0.4) is 0 Å². The number of hydrogen-bond donors (Lipinski definition) is 3. The lowest BCUT2D eigenvalue weighted by Crippen LogP contribution is -2.51. The number of aliphatic carboxylic acids is 2. The van der Waals surface area contributed by atoms with Gasteiger partial charge in [-0.05, 0) is 0 Å². The number of alkyl halides is 4. The summed E-state index contributed by atoms with van der Waals surface area (Å²) >= 11 is 0. The molecular weight excluding hydrogens is 254 g/mol. The van der Waals surface area contributed by atoms with Gasteiger partial charge in [-0.1, -0.05) is 0 Å². The quantitative estimate of drug-likeness (QED) is 0.581. The van der Waals surface area contributed by atoms with E-state index in [1.807, 2.05) is 0 Å². The number of carboxylic acid groups (broad SMARTS) is 2. The summed E-state index contributed by atoms with van der Waals surface area (Å²) in [6, 6.07) is -2.20. The maximum Gasteiger partial charge on any atom is 0.383 e. The largest absolute Gasteiger partial charge is 0.481 e. The molecule has 0 heterocycles. The molecule has 0 spiro atoms. The van der Waals surface area contributed by atoms with Gasteiger partial charge in [-0.15, -0.1) is 0 Å². The average molecular weight is 261 g/mol. The number of halogens is 4. The highest BCUT2D eigenvalue weighted by Gasteiger charge is 2.50. The fourth-order valence-electron chi connectivity index (χ4n) is 0.728. The van der Waals surface area contributed by atoms with E-state index in [4.69, 9.17) is 10.2 Å². The third kappa shape index (κ3) is 4.25. The Morgan fingerprint density at radius 1 is 1.18 bits per heavy atom. The number of carbonyl (C=O) groups excluding carboxylic acids is 1. The second-order valence-electron chi connectivity index (χ2n) is 2.89. The normalized spacial score (nSPS) is 13.2. The van der Waals surface area contributed by atoms with Crippen molar-refractivity contribution in [2.45, 2.75) is 24.8 Å². The Morgan fingerprint density at radius 3 is 1.94 bits per heavy atom. The highest BCUT2D eigenvalue weighted by atomic mass is 19.3. The van der Waals surface area contributed by atoms with Crippen LogP contribution >= 0.6 is 0 Å². The molecule has 0 aliphatic heterocycles. The molecule has 1 atom stereocenters. The molecule has 0 aliphatic carbocycles. The van der Waals surface area contributed by atoms with Gasteiger partial charge in [-0.25, -0.2) is 13.6 Å². The van der Waals surface area contributed by atoms with Gasteiger partial charge in [0.2, 0.25) is 0 Å². The minimum Gasteiger partial charge on any atom is -0.481 e. The van der Waals surface area contributed by atoms with Crippen molar-refractivity contribution in [3.63, 3.8) is 0 Å². The predicted octanol–water partition coefficient (Wildman–Crippen LogP) is -0.0691. The molecule has 0 aromatic rings. The van der Waals surface area contributed by atoms with Crippen LogP contribution in [0.2, 0.25) is 0 Å². The van der Waals surface area contributed by atoms with E-state index in [9.17, 15) is 31.9 Å². The van der Waals surface area contributed by atoms with Crippen molar-refractivity contribution in [1.82, 2.24) is 5.32 Å². The first-order valence-corrected chi connectivity index (χ1v) is 4.00. The fourth-order valence-corrected chi connectivity index (χ4v) is 0.728. The summed E-state index contributed by atoms with van der Waals surface area (Å²) in [4.78, 5) is 31.1. The Kier molecular flexibility index (Phi) is 4.86. The molecular formula is C7H7F4NO5. The Hall–Kier alpha value is -1.87. The van der Waals surface area contributed by atoms with Crippen molar-refractivity contribution in [1.29, 1.82) is 0 Å². The smallest absolute Gasteiger partial charge is 0.383 e. The van der Waals surface area contributed by atoms with Crippen LogP contribution in [0.5, 0.6) is 0 Å². The van der Waals surface area contributed by atoms with Crippen LogP contribution in [0.15, 0.2) is 0 Å². The Bertz CT molecular complexity index is 332. The van der Waals surface area contributed by atoms with Gasteiger partial charge in [-0.2, -0.15) is 8.78 Å². The van der Waals surface area contributed by atoms with Gasteiger partial charge in [0.25, 0.3) is 5.91 Å². The lowest BCUT2D eigenvalue weighted by Gasteiger charge is -2.18. The molecule has 3 N–H and O–H groups in total. The zero-order valence-electron chi connectivity index (χ0n) is 7.99. The molecule has 0 aromatic carbocycles. The predicted molar refractivity (Wildman–Crippen MR) is 42.8 cm³/mol. The zero-order valence-corrected chi connectivity index (χ0v) is 7.99. The van der Waals surface area contributed by atoms with Gasteiger partial charge in [0.1, 0.15) is 6.04 Å². The molecule has 6 nitrogen and oxygen atoms in total. The maximum absolute atomic E-state index is 12.4. The first kappa shape index (κ1) is 15.1. The van der Waals surface area contributed by atoms with Crippen LogP contribution in [-0.2, 0) is 14.4 Å². The van der Waals surface area contributed by atoms with E-state index in [2.05, 4.69) is 0 Å². The summed E-state index contributed by atoms with van der Waals surface area (Å²) in [6.07, 6.45) is -5.53. The summed E-state index contributed by atoms with van der Waals surface area (Å²) in [5, 5.41) is 17.6. The topological polar surface area (TPSA) is 104 Å². The van der Waals surface area contributed by atoms with Crippen molar-refractivity contribution < 1.29 is 42.2 Å². The molecule has 0 bridgehead atoms. The summed E-state index contributed by atoms with van der Waals surface area (Å²) in [6.45, 7) is 0. The van der Waals surface area contributed by atoms with Crippen molar-refractivity contribution in [3.8, 4) is 0 Å². The molecule has 0 saturated heterocycles. The third-order valence-corrected chi connectivity index (χ3v) is 1.56. The Morgan fingerprint density at radius 2 is 1.65 bits per heavy atom. The number of nitrogens with one attached hydrogen (secondary N) is 1. The molecule has 1 amide bonds. The molecule has 0 unspecified atom stereocenters. The number of rotatable bonds is 6. The van der Waals surface area contributed by atoms with E-state index in [-0.39, 0.29) is 0 Å². The molecule has 0 radical (unpaired) electrons. The van der Waals surface area contributed by atoms with Crippen LogP contribution in [-0.4, -0.2) is 46.4 Å². The first-order chi connectivity index (χ1) is 7.59. The van der Waals surface area contributed by atoms with Gasteiger partial charge in [0.15, 0.2) is 0 Å². The van der Waals surface area contributed by atoms with Crippen LogP contribution in [0.4, 0.5) is 17.6 Å². The Labute approximate surface area is 91.2 Å². The van der Waals surface area contributed by atoms with Crippen molar-refractivity contribution in [2.75, 3.05) is 0 Å². The van der Waals surface area contributed by atoms with E-state index in [1.54, 1.807) is 0 Å². The molecule has 10 heteroatoms. The fraction of sp³-hybridized carbons (Fsp3) is 0.571. The van der Waals surface area contributed by atoms with Crippen LogP contribution in [0.1, 0.15) is 6.42 Å². The molecule has 17 heavy (non-hydrogen) atoms. The molecule has 0 rings (SSSR count). The number of carbonyl (C=O) groups is 3. The van der Waals surface area contributed by atoms with Crippen molar-refractivity contribution >= 4 is 17.8 Å². The van der Waals surface area contributed by atoms with E-state index >= 15 is 0 Å². The molecule has 0 saturated carbocycles. The molecule has 0 aromatic heterocycles. The SMILES string of the molecule is O=C(O)C[C@H](NC(=O)C(F)(F)C(F)F)C(=O)O.